The van der Waals surface area contributed by atoms with Crippen molar-refractivity contribution >= 4 is 17.2 Å². The van der Waals surface area contributed by atoms with Crippen LogP contribution in [0.3, 0.4) is 0 Å². The first-order valence-corrected chi connectivity index (χ1v) is 9.01. The minimum Gasteiger partial charge on any atom is -0.378 e. The maximum Gasteiger partial charge on any atom is 0.131 e. The molecular formula is C17H26N4OS. The molecule has 0 spiro atoms. The molecule has 0 saturated carbocycles. The summed E-state index contributed by atoms with van der Waals surface area (Å²) in [6.45, 7) is 9.70. The van der Waals surface area contributed by atoms with Crippen molar-refractivity contribution in [1.82, 2.24) is 14.7 Å². The SMILES string of the molecule is Cc1ccsc1CN(C)Cc1c(C)nn(C)c1N1CCOCC1. The summed E-state index contributed by atoms with van der Waals surface area (Å²) in [6, 6.07) is 2.20. The van der Waals surface area contributed by atoms with Crippen LogP contribution in [0, 0.1) is 13.8 Å². The zero-order chi connectivity index (χ0) is 16.4. The summed E-state index contributed by atoms with van der Waals surface area (Å²) in [5.74, 6) is 1.25. The molecule has 0 N–H and O–H groups in total. The largest absolute Gasteiger partial charge is 0.378 e. The predicted octanol–water partition coefficient (Wildman–Crippen LogP) is 2.57. The van der Waals surface area contributed by atoms with Crippen LogP contribution < -0.4 is 4.90 Å². The number of anilines is 1. The van der Waals surface area contributed by atoms with Gasteiger partial charge in [0.15, 0.2) is 0 Å². The maximum atomic E-state index is 5.49. The van der Waals surface area contributed by atoms with E-state index < -0.39 is 0 Å². The van der Waals surface area contributed by atoms with E-state index in [1.54, 1.807) is 0 Å². The monoisotopic (exact) mass is 334 g/mol. The number of hydrogen-bond acceptors (Lipinski definition) is 5. The molecule has 1 fully saturated rings. The van der Waals surface area contributed by atoms with Crippen LogP contribution in [0.5, 0.6) is 0 Å². The van der Waals surface area contributed by atoms with Crippen LogP contribution >= 0.6 is 11.3 Å². The summed E-state index contributed by atoms with van der Waals surface area (Å²) in [5.41, 5.74) is 3.85. The van der Waals surface area contributed by atoms with E-state index in [-0.39, 0.29) is 0 Å². The number of morpholine rings is 1. The third-order valence-corrected chi connectivity index (χ3v) is 5.44. The van der Waals surface area contributed by atoms with Crippen LogP contribution in [0.25, 0.3) is 0 Å². The lowest BCUT2D eigenvalue weighted by Gasteiger charge is -2.30. The van der Waals surface area contributed by atoms with Gasteiger partial charge in [-0.3, -0.25) is 9.58 Å². The minimum atomic E-state index is 0.800. The van der Waals surface area contributed by atoms with Gasteiger partial charge in [-0.2, -0.15) is 5.10 Å². The fourth-order valence-corrected chi connectivity index (χ4v) is 4.17. The van der Waals surface area contributed by atoms with Gasteiger partial charge >= 0.3 is 0 Å². The van der Waals surface area contributed by atoms with Gasteiger partial charge in [0.25, 0.3) is 0 Å². The Balaban J connectivity index is 1.77. The number of thiophene rings is 1. The highest BCUT2D eigenvalue weighted by Gasteiger charge is 2.22. The molecule has 126 valence electrons. The van der Waals surface area contributed by atoms with E-state index in [2.05, 4.69) is 47.2 Å². The van der Waals surface area contributed by atoms with Crippen LogP contribution in [-0.4, -0.2) is 48.0 Å². The fourth-order valence-electron chi connectivity index (χ4n) is 3.18. The Morgan fingerprint density at radius 3 is 2.65 bits per heavy atom. The summed E-state index contributed by atoms with van der Waals surface area (Å²) in [7, 11) is 4.24. The quantitative estimate of drug-likeness (QED) is 0.841. The molecule has 0 radical (unpaired) electrons. The highest BCUT2D eigenvalue weighted by molar-refractivity contribution is 7.10. The van der Waals surface area contributed by atoms with Crippen LogP contribution in [0.15, 0.2) is 11.4 Å². The number of ether oxygens (including phenoxy) is 1. The van der Waals surface area contributed by atoms with Crippen LogP contribution in [0.4, 0.5) is 5.82 Å². The molecule has 0 aromatic carbocycles. The third kappa shape index (κ3) is 3.59. The molecule has 3 heterocycles. The lowest BCUT2D eigenvalue weighted by Crippen LogP contribution is -2.38. The van der Waals surface area contributed by atoms with Gasteiger partial charge in [0.05, 0.1) is 18.9 Å². The smallest absolute Gasteiger partial charge is 0.131 e. The Morgan fingerprint density at radius 2 is 2.00 bits per heavy atom. The molecule has 0 aliphatic carbocycles. The van der Waals surface area contributed by atoms with E-state index in [9.17, 15) is 0 Å². The van der Waals surface area contributed by atoms with Crippen LogP contribution in [0.2, 0.25) is 0 Å². The summed E-state index contributed by atoms with van der Waals surface area (Å²) in [5, 5.41) is 6.84. The Morgan fingerprint density at radius 1 is 1.26 bits per heavy atom. The Bertz CT molecular complexity index is 658. The molecule has 5 nitrogen and oxygen atoms in total. The number of aromatic nitrogens is 2. The summed E-state index contributed by atoms with van der Waals surface area (Å²) in [6.07, 6.45) is 0. The topological polar surface area (TPSA) is 33.5 Å². The van der Waals surface area contributed by atoms with Gasteiger partial charge in [-0.05, 0) is 37.9 Å². The Kier molecular flexibility index (Phi) is 5.04. The van der Waals surface area contributed by atoms with E-state index >= 15 is 0 Å². The highest BCUT2D eigenvalue weighted by atomic mass is 32.1. The fraction of sp³-hybridized carbons (Fsp3) is 0.588. The van der Waals surface area contributed by atoms with E-state index in [0.29, 0.717) is 0 Å². The first-order valence-electron chi connectivity index (χ1n) is 8.13. The van der Waals surface area contributed by atoms with E-state index in [1.165, 1.54) is 21.8 Å². The van der Waals surface area contributed by atoms with Crippen molar-refractivity contribution in [3.8, 4) is 0 Å². The zero-order valence-electron chi connectivity index (χ0n) is 14.5. The van der Waals surface area contributed by atoms with Gasteiger partial charge in [-0.25, -0.2) is 0 Å². The second kappa shape index (κ2) is 7.03. The van der Waals surface area contributed by atoms with Crippen molar-refractivity contribution < 1.29 is 4.74 Å². The first kappa shape index (κ1) is 16.5. The Hall–Kier alpha value is -1.37. The average Bonchev–Trinajstić information content (AvgIpc) is 3.04. The van der Waals surface area contributed by atoms with Crippen molar-refractivity contribution in [2.45, 2.75) is 26.9 Å². The molecule has 1 aliphatic rings. The second-order valence-electron chi connectivity index (χ2n) is 6.31. The van der Waals surface area contributed by atoms with Gasteiger partial charge in [0, 0.05) is 43.7 Å². The van der Waals surface area contributed by atoms with Crippen molar-refractivity contribution in [2.24, 2.45) is 7.05 Å². The molecular weight excluding hydrogens is 308 g/mol. The zero-order valence-corrected chi connectivity index (χ0v) is 15.3. The molecule has 0 amide bonds. The van der Waals surface area contributed by atoms with Crippen molar-refractivity contribution in [1.29, 1.82) is 0 Å². The van der Waals surface area contributed by atoms with Gasteiger partial charge in [0.1, 0.15) is 5.82 Å². The first-order chi connectivity index (χ1) is 11.1. The second-order valence-corrected chi connectivity index (χ2v) is 7.31. The van der Waals surface area contributed by atoms with Crippen LogP contribution in [-0.2, 0) is 24.9 Å². The maximum absolute atomic E-state index is 5.49. The number of aryl methyl sites for hydroxylation is 3. The van der Waals surface area contributed by atoms with Crippen molar-refractivity contribution in [3.63, 3.8) is 0 Å². The standard InChI is InChI=1S/C17H26N4OS/c1-13-5-10-23-16(13)12-19(3)11-15-14(2)18-20(4)17(15)21-6-8-22-9-7-21/h5,10H,6-9,11-12H2,1-4H3. The molecule has 6 heteroatoms. The molecule has 0 atom stereocenters. The van der Waals surface area contributed by atoms with Gasteiger partial charge in [0.2, 0.25) is 0 Å². The van der Waals surface area contributed by atoms with Crippen LogP contribution in [0.1, 0.15) is 21.7 Å². The molecule has 2 aromatic heterocycles. The minimum absolute atomic E-state index is 0.800. The van der Waals surface area contributed by atoms with Gasteiger partial charge in [-0.15, -0.1) is 11.3 Å². The third-order valence-electron chi connectivity index (χ3n) is 4.43. The van der Waals surface area contributed by atoms with E-state index in [0.717, 1.165) is 45.1 Å². The summed E-state index contributed by atoms with van der Waals surface area (Å²) in [4.78, 5) is 6.23. The molecule has 1 saturated heterocycles. The molecule has 1 aliphatic heterocycles. The summed E-state index contributed by atoms with van der Waals surface area (Å²) >= 11 is 1.84. The Labute approximate surface area is 142 Å². The summed E-state index contributed by atoms with van der Waals surface area (Å²) < 4.78 is 7.52. The van der Waals surface area contributed by atoms with E-state index in [4.69, 9.17) is 4.74 Å². The lowest BCUT2D eigenvalue weighted by molar-refractivity contribution is 0.122. The lowest BCUT2D eigenvalue weighted by atomic mass is 10.2. The molecule has 2 aromatic rings. The van der Waals surface area contributed by atoms with Crippen molar-refractivity contribution in [2.75, 3.05) is 38.3 Å². The van der Waals surface area contributed by atoms with Gasteiger partial charge in [-0.1, -0.05) is 0 Å². The molecule has 0 bridgehead atoms. The molecule has 3 rings (SSSR count). The van der Waals surface area contributed by atoms with Gasteiger partial charge < -0.3 is 9.64 Å². The van der Waals surface area contributed by atoms with E-state index in [1.807, 2.05) is 23.1 Å². The molecule has 0 unspecified atom stereocenters. The number of rotatable bonds is 5. The predicted molar refractivity (Wildman–Crippen MR) is 95.2 cm³/mol. The average molecular weight is 334 g/mol. The number of hydrogen-bond donors (Lipinski definition) is 0. The highest BCUT2D eigenvalue weighted by Crippen LogP contribution is 2.26. The molecule has 23 heavy (non-hydrogen) atoms. The normalized spacial score (nSPS) is 15.6. The number of nitrogens with zero attached hydrogens (tertiary/aromatic N) is 4. The van der Waals surface area contributed by atoms with Crippen molar-refractivity contribution in [3.05, 3.63) is 33.1 Å².